The van der Waals surface area contributed by atoms with Gasteiger partial charge in [0.05, 0.1) is 36.0 Å². The highest BCUT2D eigenvalue weighted by atomic mass is 32.1. The SMILES string of the molecule is CCC(CC)NC(=O)Nc1ccc(Oc2cnc(NC(=O)c3ccc(-n4cc(CN5CCC(O)CC5)c5ccccc54)cc3)s2)c(CO)c1.CNNC(=O)Nc1ccc(Oc2ccc(NC(=O)c3ccc(-n4cc(CN5CCC(O)CC5)c5ccccc54)cc3)cc2C)cc1. The fourth-order valence-electron chi connectivity index (χ4n) is 11.8. The van der Waals surface area contributed by atoms with Gasteiger partial charge in [-0.3, -0.25) is 30.1 Å². The molecule has 12 rings (SSSR count). The number of likely N-dealkylation sites (tertiary alicyclic amines) is 2. The highest BCUT2D eigenvalue weighted by Gasteiger charge is 2.23. The standard InChI is InChI=1S/C37H42N6O5S.C36H38N6O4/c1-3-27(4-2)39-36(47)40-28-11-14-33(25(19-28)23-44)48-34-20-38-37(49-34)41-35(46)24-9-12-29(13-10-24)43-22-26(31-7-5-6-8-32(31)43)21-42-17-15-30(45)16-18-42;1-24-21-28(11-16-34(24)46-31-14-9-27(10-15-31)39-36(45)40-37-2)38-35(44)25-7-12-29(13-8-25)42-23-26(32-5-3-4-6-33(32)42)22-41-19-17-30(43)18-20-41/h5-14,19-20,22,27,30,44-45H,3-4,15-18,21,23H2,1-2H3,(H,38,41,46)(H2,39,40,47);3-16,21,23,30,37,43H,17-20,22H2,1-2H3,(H,38,44)(H2,39,40,45). The monoisotopic (exact) mass is 1300 g/mol. The second-order valence-electron chi connectivity index (χ2n) is 23.7. The zero-order valence-corrected chi connectivity index (χ0v) is 54.4. The molecule has 3 aromatic heterocycles. The van der Waals surface area contributed by atoms with Crippen molar-refractivity contribution in [1.29, 1.82) is 0 Å². The van der Waals surface area contributed by atoms with E-state index in [9.17, 15) is 34.5 Å². The molecule has 22 heteroatoms. The number of nitrogens with one attached hydrogen (secondary N) is 7. The molecule has 6 amide bonds. The van der Waals surface area contributed by atoms with Gasteiger partial charge in [-0.2, -0.15) is 0 Å². The van der Waals surface area contributed by atoms with Crippen molar-refractivity contribution in [3.8, 4) is 33.7 Å². The number of ether oxygens (including phenoxy) is 2. The van der Waals surface area contributed by atoms with Crippen molar-refractivity contribution in [2.24, 2.45) is 0 Å². The van der Waals surface area contributed by atoms with Gasteiger partial charge in [-0.25, -0.2) is 20.0 Å². The van der Waals surface area contributed by atoms with E-state index >= 15 is 0 Å². The molecule has 0 unspecified atom stereocenters. The number of hydrogen-bond acceptors (Lipinski definition) is 14. The summed E-state index contributed by atoms with van der Waals surface area (Å²) in [5.41, 5.74) is 15.9. The first-order chi connectivity index (χ1) is 46.2. The topological polar surface area (TPSA) is 261 Å². The van der Waals surface area contributed by atoms with Crippen LogP contribution in [0.3, 0.4) is 0 Å². The third kappa shape index (κ3) is 17.1. The number of thiazole rings is 1. The number of aromatic nitrogens is 3. The fraction of sp³-hybridized carbons (Fsp3) is 0.274. The number of carbonyl (C=O) groups is 4. The van der Waals surface area contributed by atoms with Crippen molar-refractivity contribution in [1.82, 2.24) is 40.1 Å². The third-order valence-corrected chi connectivity index (χ3v) is 17.8. The fourth-order valence-corrected chi connectivity index (χ4v) is 12.5. The van der Waals surface area contributed by atoms with Gasteiger partial charge in [0, 0.05) is 121 Å². The van der Waals surface area contributed by atoms with Crippen LogP contribution in [0.15, 0.2) is 176 Å². The van der Waals surface area contributed by atoms with Crippen LogP contribution < -0.4 is 46.9 Å². The number of aliphatic hydroxyl groups excluding tert-OH is 3. The van der Waals surface area contributed by atoms with E-state index in [1.165, 1.54) is 39.4 Å². The molecule has 10 N–H and O–H groups in total. The van der Waals surface area contributed by atoms with Crippen LogP contribution in [0.1, 0.15) is 95.3 Å². The van der Waals surface area contributed by atoms with Gasteiger partial charge in [-0.05, 0) is 183 Å². The Kier molecular flexibility index (Phi) is 22.0. The van der Waals surface area contributed by atoms with Crippen molar-refractivity contribution in [3.63, 3.8) is 0 Å². The molecular formula is C73H80N12O9S. The molecule has 0 saturated carbocycles. The van der Waals surface area contributed by atoms with E-state index in [-0.39, 0.29) is 48.7 Å². The molecule has 2 aliphatic heterocycles. The Morgan fingerprint density at radius 3 is 1.61 bits per heavy atom. The number of piperidine rings is 2. The van der Waals surface area contributed by atoms with E-state index in [4.69, 9.17) is 9.47 Å². The van der Waals surface area contributed by atoms with Gasteiger partial charge in [-0.1, -0.05) is 61.6 Å². The Hall–Kier alpha value is -9.91. The Morgan fingerprint density at radius 1 is 0.579 bits per heavy atom. The van der Waals surface area contributed by atoms with Gasteiger partial charge in [0.15, 0.2) is 5.13 Å². The third-order valence-electron chi connectivity index (χ3n) is 17.0. The summed E-state index contributed by atoms with van der Waals surface area (Å²) in [5.74, 6) is 1.20. The summed E-state index contributed by atoms with van der Waals surface area (Å²) in [5, 5.41) is 47.2. The molecule has 0 bridgehead atoms. The minimum absolute atomic E-state index is 0.0896. The summed E-state index contributed by atoms with van der Waals surface area (Å²) in [6.07, 6.45) is 10.4. The van der Waals surface area contributed by atoms with E-state index in [0.29, 0.717) is 61.2 Å². The number of amides is 6. The van der Waals surface area contributed by atoms with E-state index < -0.39 is 0 Å². The molecule has 10 aromatic rings. The van der Waals surface area contributed by atoms with Crippen LogP contribution >= 0.6 is 11.3 Å². The number of hydrogen-bond donors (Lipinski definition) is 10. The molecule has 21 nitrogen and oxygen atoms in total. The number of hydrazine groups is 1. The van der Waals surface area contributed by atoms with Gasteiger partial charge in [0.2, 0.25) is 5.06 Å². The lowest BCUT2D eigenvalue weighted by molar-refractivity contribution is 0.0792. The highest BCUT2D eigenvalue weighted by molar-refractivity contribution is 7.17. The Labute approximate surface area is 555 Å². The predicted octanol–water partition coefficient (Wildman–Crippen LogP) is 13.1. The van der Waals surface area contributed by atoms with E-state index in [0.717, 1.165) is 106 Å². The summed E-state index contributed by atoms with van der Waals surface area (Å²) < 4.78 is 16.3. The van der Waals surface area contributed by atoms with Crippen molar-refractivity contribution in [3.05, 3.63) is 210 Å². The smallest absolute Gasteiger partial charge is 0.333 e. The number of nitrogens with zero attached hydrogens (tertiary/aromatic N) is 5. The molecular weight excluding hydrogens is 1220 g/mol. The maximum absolute atomic E-state index is 13.1. The summed E-state index contributed by atoms with van der Waals surface area (Å²) >= 11 is 1.17. The number of fused-ring (bicyclic) bond motifs is 2. The lowest BCUT2D eigenvalue weighted by atomic mass is 10.1. The van der Waals surface area contributed by atoms with Crippen molar-refractivity contribution in [2.45, 2.75) is 97.2 Å². The van der Waals surface area contributed by atoms with Gasteiger partial charge in [0.1, 0.15) is 17.2 Å². The van der Waals surface area contributed by atoms with Crippen LogP contribution in [0.25, 0.3) is 33.2 Å². The number of aliphatic hydroxyl groups is 3. The van der Waals surface area contributed by atoms with Crippen molar-refractivity contribution in [2.75, 3.05) is 54.5 Å². The van der Waals surface area contributed by atoms with E-state index in [1.54, 1.807) is 61.6 Å². The Bertz CT molecular complexity index is 4270. The number of carbonyl (C=O) groups excluding carboxylic acids is 4. The van der Waals surface area contributed by atoms with Crippen molar-refractivity contribution < 1.29 is 44.0 Å². The maximum atomic E-state index is 13.1. The number of para-hydroxylation sites is 2. The Morgan fingerprint density at radius 2 is 1.08 bits per heavy atom. The molecule has 95 heavy (non-hydrogen) atoms. The number of rotatable bonds is 21. The predicted molar refractivity (Wildman–Crippen MR) is 373 cm³/mol. The second kappa shape index (κ2) is 31.3. The average molecular weight is 1300 g/mol. The summed E-state index contributed by atoms with van der Waals surface area (Å²) in [7, 11) is 1.61. The number of anilines is 4. The zero-order valence-electron chi connectivity index (χ0n) is 53.6. The first-order valence-corrected chi connectivity index (χ1v) is 32.9. The largest absolute Gasteiger partial charge is 0.457 e. The molecule has 0 radical (unpaired) electrons. The summed E-state index contributed by atoms with van der Waals surface area (Å²) in [6, 6.07) is 48.8. The summed E-state index contributed by atoms with van der Waals surface area (Å²) in [4.78, 5) is 59.4. The van der Waals surface area contributed by atoms with Crippen LogP contribution in [0.4, 0.5) is 31.8 Å². The highest BCUT2D eigenvalue weighted by Crippen LogP contribution is 2.35. The number of benzene rings is 7. The lowest BCUT2D eigenvalue weighted by Crippen LogP contribution is -2.37. The molecule has 2 aliphatic rings. The van der Waals surface area contributed by atoms with Crippen molar-refractivity contribution >= 4 is 79.2 Å². The van der Waals surface area contributed by atoms with Crippen LogP contribution in [0.5, 0.6) is 22.3 Å². The van der Waals surface area contributed by atoms with Crippen LogP contribution in [0, 0.1) is 6.92 Å². The van der Waals surface area contributed by atoms with Gasteiger partial charge < -0.3 is 55.2 Å². The molecule has 2 fully saturated rings. The molecule has 0 spiro atoms. The minimum atomic E-state index is -0.365. The molecule has 0 aliphatic carbocycles. The van der Waals surface area contributed by atoms with Gasteiger partial charge in [0.25, 0.3) is 11.8 Å². The number of aryl methyl sites for hydroxylation is 1. The lowest BCUT2D eigenvalue weighted by Gasteiger charge is -2.29. The van der Waals surface area contributed by atoms with Gasteiger partial charge >= 0.3 is 12.1 Å². The normalized spacial score (nSPS) is 13.9. The van der Waals surface area contributed by atoms with Crippen LogP contribution in [-0.4, -0.2) is 115 Å². The molecule has 0 atom stereocenters. The molecule has 7 aromatic carbocycles. The first-order valence-electron chi connectivity index (χ1n) is 32.1. The average Bonchev–Trinajstić information content (AvgIpc) is 1.66. The van der Waals surface area contributed by atoms with Crippen LogP contribution in [0.2, 0.25) is 0 Å². The van der Waals surface area contributed by atoms with Crippen LogP contribution in [-0.2, 0) is 19.7 Å². The summed E-state index contributed by atoms with van der Waals surface area (Å²) in [6.45, 7) is 10.9. The van der Waals surface area contributed by atoms with E-state index in [2.05, 4.69) is 110 Å². The maximum Gasteiger partial charge on any atom is 0.333 e. The Balaban J connectivity index is 0.000000194. The minimum Gasteiger partial charge on any atom is -0.457 e. The van der Waals surface area contributed by atoms with E-state index in [1.807, 2.05) is 87.5 Å². The number of urea groups is 2. The molecule has 5 heterocycles. The zero-order chi connectivity index (χ0) is 66.4. The van der Waals surface area contributed by atoms with Gasteiger partial charge in [-0.15, -0.1) is 0 Å². The molecule has 492 valence electrons. The quantitative estimate of drug-likeness (QED) is 0.0301. The first kappa shape index (κ1) is 66.5. The molecule has 2 saturated heterocycles. The second-order valence-corrected chi connectivity index (χ2v) is 24.7.